The van der Waals surface area contributed by atoms with Crippen molar-refractivity contribution in [1.29, 1.82) is 0 Å². The maximum absolute atomic E-state index is 12.5. The summed E-state index contributed by atoms with van der Waals surface area (Å²) in [5.41, 5.74) is 1.13. The van der Waals surface area contributed by atoms with Gasteiger partial charge in [0.25, 0.3) is 5.56 Å². The largest absolute Gasteiger partial charge is 0.410 e. The Morgan fingerprint density at radius 1 is 1.17 bits per heavy atom. The van der Waals surface area contributed by atoms with Crippen molar-refractivity contribution in [2.45, 2.75) is 6.92 Å². The number of rotatable bonds is 4. The number of halogens is 1. The van der Waals surface area contributed by atoms with Crippen LogP contribution in [0.2, 0.25) is 5.02 Å². The summed E-state index contributed by atoms with van der Waals surface area (Å²) in [5, 5.41) is 25.8. The molecule has 29 heavy (non-hydrogen) atoms. The second-order valence-corrected chi connectivity index (χ2v) is 6.50. The van der Waals surface area contributed by atoms with Crippen LogP contribution in [0, 0.1) is 6.92 Å². The Labute approximate surface area is 169 Å². The number of fused-ring (bicyclic) bond motifs is 1. The third kappa shape index (κ3) is 3.63. The number of benzene rings is 2. The molecule has 4 aromatic rings. The van der Waals surface area contributed by atoms with Crippen LogP contribution in [0.1, 0.15) is 22.9 Å². The molecule has 10 heteroatoms. The van der Waals surface area contributed by atoms with E-state index in [1.165, 1.54) is 4.68 Å². The number of para-hydroxylation sites is 2. The highest BCUT2D eigenvalue weighted by Crippen LogP contribution is 2.12. The summed E-state index contributed by atoms with van der Waals surface area (Å²) in [5.74, 6) is 0.507. The van der Waals surface area contributed by atoms with E-state index in [1.807, 2.05) is 0 Å². The first kappa shape index (κ1) is 18.5. The molecule has 0 bridgehead atoms. The van der Waals surface area contributed by atoms with Crippen molar-refractivity contribution < 1.29 is 5.21 Å². The number of oxime groups is 1. The average Bonchev–Trinajstić information content (AvgIpc) is 3.09. The fourth-order valence-electron chi connectivity index (χ4n) is 2.70. The van der Waals surface area contributed by atoms with Crippen molar-refractivity contribution in [3.8, 4) is 0 Å². The number of hydrogen-bond donors (Lipinski definition) is 2. The van der Waals surface area contributed by atoms with Gasteiger partial charge in [-0.15, -0.1) is 10.2 Å². The Hall–Kier alpha value is -3.85. The number of aryl methyl sites for hydroxylation is 1. The van der Waals surface area contributed by atoms with E-state index in [2.05, 4.69) is 30.4 Å². The molecule has 2 heterocycles. The van der Waals surface area contributed by atoms with Gasteiger partial charge in [-0.25, -0.2) is 4.98 Å². The first-order valence-corrected chi connectivity index (χ1v) is 8.88. The van der Waals surface area contributed by atoms with Crippen LogP contribution in [-0.4, -0.2) is 42.0 Å². The SMILES string of the molecule is Cc1nnc(/C(=N/O)c2nc3ccccc3[nH]c2=O)n1/N=C/c1ccc(Cl)cc1. The van der Waals surface area contributed by atoms with Gasteiger partial charge in [0, 0.05) is 5.02 Å². The van der Waals surface area contributed by atoms with Gasteiger partial charge in [0.05, 0.1) is 17.2 Å². The molecular weight excluding hydrogens is 394 g/mol. The molecule has 0 saturated heterocycles. The maximum atomic E-state index is 12.5. The lowest BCUT2D eigenvalue weighted by Gasteiger charge is -2.05. The molecule has 2 aromatic heterocycles. The van der Waals surface area contributed by atoms with Gasteiger partial charge in [-0.3, -0.25) is 4.79 Å². The fraction of sp³-hybridized carbons (Fsp3) is 0.0526. The number of H-pyrrole nitrogens is 1. The summed E-state index contributed by atoms with van der Waals surface area (Å²) in [4.78, 5) is 19.6. The van der Waals surface area contributed by atoms with Crippen molar-refractivity contribution in [1.82, 2.24) is 24.8 Å². The third-order valence-electron chi connectivity index (χ3n) is 4.12. The summed E-state index contributed by atoms with van der Waals surface area (Å²) in [6.07, 6.45) is 1.57. The topological polar surface area (TPSA) is 121 Å². The Morgan fingerprint density at radius 3 is 2.69 bits per heavy atom. The molecule has 2 aromatic carbocycles. The van der Waals surface area contributed by atoms with Crippen molar-refractivity contribution in [3.05, 3.63) is 86.8 Å². The molecule has 0 radical (unpaired) electrons. The predicted molar refractivity (Wildman–Crippen MR) is 109 cm³/mol. The van der Waals surface area contributed by atoms with E-state index in [0.717, 1.165) is 5.56 Å². The summed E-state index contributed by atoms with van der Waals surface area (Å²) < 4.78 is 1.36. The molecule has 9 nitrogen and oxygen atoms in total. The number of hydrogen-bond acceptors (Lipinski definition) is 7. The molecule has 0 aliphatic rings. The first-order valence-electron chi connectivity index (χ1n) is 8.50. The molecule has 144 valence electrons. The maximum Gasteiger partial charge on any atom is 0.276 e. The molecule has 0 aliphatic heterocycles. The van der Waals surface area contributed by atoms with Crippen LogP contribution in [0.25, 0.3) is 11.0 Å². The van der Waals surface area contributed by atoms with Crippen LogP contribution in [0.5, 0.6) is 0 Å². The van der Waals surface area contributed by atoms with Crippen LogP contribution in [0.3, 0.4) is 0 Å². The van der Waals surface area contributed by atoms with Gasteiger partial charge in [0.2, 0.25) is 5.82 Å². The predicted octanol–water partition coefficient (Wildman–Crippen LogP) is 2.59. The Bertz CT molecular complexity index is 1310. The number of aromatic nitrogens is 5. The average molecular weight is 408 g/mol. The highest BCUT2D eigenvalue weighted by atomic mass is 35.5. The van der Waals surface area contributed by atoms with Crippen molar-refractivity contribution in [3.63, 3.8) is 0 Å². The van der Waals surface area contributed by atoms with Gasteiger partial charge in [-0.2, -0.15) is 9.78 Å². The van der Waals surface area contributed by atoms with E-state index < -0.39 is 5.56 Å². The number of aromatic amines is 1. The molecule has 0 amide bonds. The number of nitrogens with one attached hydrogen (secondary N) is 1. The zero-order valence-corrected chi connectivity index (χ0v) is 15.9. The molecule has 0 aliphatic carbocycles. The molecule has 2 N–H and O–H groups in total. The Balaban J connectivity index is 1.79. The Morgan fingerprint density at radius 2 is 1.93 bits per heavy atom. The standard InChI is InChI=1S/C19H14ClN7O2/c1-11-24-25-18(27(11)21-10-12-6-8-13(20)9-7-12)16(26-29)17-19(28)23-15-5-3-2-4-14(15)22-17/h2-10,29H,1H3,(H,23,28)/b21-10+,26-16+. The lowest BCUT2D eigenvalue weighted by atomic mass is 10.2. The quantitative estimate of drug-likeness (QED) is 0.306. The first-order chi connectivity index (χ1) is 14.1. The fourth-order valence-corrected chi connectivity index (χ4v) is 2.83. The van der Waals surface area contributed by atoms with Gasteiger partial charge >= 0.3 is 0 Å². The van der Waals surface area contributed by atoms with Crippen molar-refractivity contribution in [2.24, 2.45) is 10.3 Å². The van der Waals surface area contributed by atoms with Crippen LogP contribution in [-0.2, 0) is 0 Å². The molecular formula is C19H14ClN7O2. The van der Waals surface area contributed by atoms with Crippen LogP contribution in [0.15, 0.2) is 63.6 Å². The van der Waals surface area contributed by atoms with Crippen LogP contribution >= 0.6 is 11.6 Å². The van der Waals surface area contributed by atoms with Gasteiger partial charge in [-0.05, 0) is 36.8 Å². The second kappa shape index (κ2) is 7.64. The van der Waals surface area contributed by atoms with Crippen molar-refractivity contribution >= 4 is 34.6 Å². The van der Waals surface area contributed by atoms with Gasteiger partial charge in [0.15, 0.2) is 17.2 Å². The molecule has 0 spiro atoms. The third-order valence-corrected chi connectivity index (χ3v) is 4.38. The Kier molecular flexibility index (Phi) is 4.88. The molecule has 0 fully saturated rings. The monoisotopic (exact) mass is 407 g/mol. The zero-order valence-electron chi connectivity index (χ0n) is 15.1. The molecule has 4 rings (SSSR count). The van der Waals surface area contributed by atoms with E-state index >= 15 is 0 Å². The van der Waals surface area contributed by atoms with Gasteiger partial charge in [0.1, 0.15) is 0 Å². The minimum Gasteiger partial charge on any atom is -0.410 e. The molecule has 0 atom stereocenters. The summed E-state index contributed by atoms with van der Waals surface area (Å²) in [7, 11) is 0. The summed E-state index contributed by atoms with van der Waals surface area (Å²) >= 11 is 5.89. The van der Waals surface area contributed by atoms with Crippen LogP contribution in [0.4, 0.5) is 0 Å². The summed E-state index contributed by atoms with van der Waals surface area (Å²) in [6, 6.07) is 14.1. The highest BCUT2D eigenvalue weighted by Gasteiger charge is 2.22. The number of nitrogens with zero attached hydrogens (tertiary/aromatic N) is 6. The van der Waals surface area contributed by atoms with E-state index in [-0.39, 0.29) is 17.2 Å². The normalized spacial score (nSPS) is 12.1. The minimum absolute atomic E-state index is 0.0727. The molecule has 0 unspecified atom stereocenters. The second-order valence-electron chi connectivity index (χ2n) is 6.06. The lowest BCUT2D eigenvalue weighted by Crippen LogP contribution is -2.24. The van der Waals surface area contributed by atoms with E-state index in [9.17, 15) is 10.0 Å². The lowest BCUT2D eigenvalue weighted by molar-refractivity contribution is 0.319. The highest BCUT2D eigenvalue weighted by molar-refractivity contribution is 6.30. The van der Waals surface area contributed by atoms with Crippen LogP contribution < -0.4 is 5.56 Å². The van der Waals surface area contributed by atoms with Gasteiger partial charge in [-0.1, -0.05) is 41.0 Å². The summed E-state index contributed by atoms with van der Waals surface area (Å²) in [6.45, 7) is 1.68. The smallest absolute Gasteiger partial charge is 0.276 e. The van der Waals surface area contributed by atoms with Gasteiger partial charge < -0.3 is 10.2 Å². The zero-order chi connectivity index (χ0) is 20.4. The van der Waals surface area contributed by atoms with E-state index in [4.69, 9.17) is 11.6 Å². The molecule has 0 saturated carbocycles. The minimum atomic E-state index is -0.523. The van der Waals surface area contributed by atoms with E-state index in [0.29, 0.717) is 21.9 Å². The van der Waals surface area contributed by atoms with Crippen molar-refractivity contribution in [2.75, 3.05) is 0 Å². The van der Waals surface area contributed by atoms with E-state index in [1.54, 1.807) is 61.7 Å².